The summed E-state index contributed by atoms with van der Waals surface area (Å²) >= 11 is 0. The van der Waals surface area contributed by atoms with E-state index in [1.807, 2.05) is 13.8 Å². The minimum absolute atomic E-state index is 0.0931. The van der Waals surface area contributed by atoms with Gasteiger partial charge in [-0.2, -0.15) is 0 Å². The van der Waals surface area contributed by atoms with Crippen LogP contribution in [0.2, 0.25) is 0 Å². The van der Waals surface area contributed by atoms with E-state index in [1.165, 1.54) is 0 Å². The molecule has 0 aliphatic rings. The van der Waals surface area contributed by atoms with Gasteiger partial charge < -0.3 is 15.1 Å². The van der Waals surface area contributed by atoms with Crippen LogP contribution in [0.25, 0.3) is 0 Å². The number of sulfone groups is 1. The minimum Gasteiger partial charge on any atom is -0.337 e. The maximum atomic E-state index is 12.6. The Morgan fingerprint density at radius 3 is 2.15 bits per heavy atom. The second-order valence-electron chi connectivity index (χ2n) is 6.70. The molecule has 0 fully saturated rings. The molecule has 0 saturated heterocycles. The van der Waals surface area contributed by atoms with Gasteiger partial charge in [0.1, 0.15) is 0 Å². The lowest BCUT2D eigenvalue weighted by atomic mass is 10.2. The van der Waals surface area contributed by atoms with Crippen molar-refractivity contribution >= 4 is 15.9 Å². The Kier molecular flexibility index (Phi) is 9.08. The van der Waals surface area contributed by atoms with Crippen molar-refractivity contribution in [3.63, 3.8) is 0 Å². The van der Waals surface area contributed by atoms with Crippen LogP contribution < -0.4 is 5.32 Å². The molecule has 1 atom stereocenters. The van der Waals surface area contributed by atoms with Crippen LogP contribution in [-0.4, -0.2) is 68.3 Å². The van der Waals surface area contributed by atoms with Crippen LogP contribution in [0.15, 0.2) is 35.2 Å². The van der Waals surface area contributed by atoms with Crippen LogP contribution in [0.3, 0.4) is 0 Å². The molecule has 6 nitrogen and oxygen atoms in total. The standard InChI is InChI=1S/C19H33N3O3S/c1-6-21(7-2)14-13-20-19(23)22(16(3)4)17(5)15-26(24,25)18-11-9-8-10-12-18/h8-12,16-17H,6-7,13-15H2,1-5H3,(H,20,23). The zero-order valence-electron chi connectivity index (χ0n) is 16.6. The Balaban J connectivity index is 2.74. The minimum atomic E-state index is -3.44. The maximum absolute atomic E-state index is 12.6. The number of hydrogen-bond donors (Lipinski definition) is 1. The number of benzene rings is 1. The summed E-state index contributed by atoms with van der Waals surface area (Å²) in [6, 6.07) is 7.64. The summed E-state index contributed by atoms with van der Waals surface area (Å²) in [5.74, 6) is -0.0986. The first-order valence-electron chi connectivity index (χ1n) is 9.29. The Morgan fingerprint density at radius 1 is 1.08 bits per heavy atom. The highest BCUT2D eigenvalue weighted by Crippen LogP contribution is 2.15. The number of likely N-dealkylation sites (N-methyl/N-ethyl adjacent to an activating group) is 1. The lowest BCUT2D eigenvalue weighted by Gasteiger charge is -2.33. The number of urea groups is 1. The van der Waals surface area contributed by atoms with Crippen LogP contribution in [0.4, 0.5) is 4.79 Å². The SMILES string of the molecule is CCN(CC)CCNC(=O)N(C(C)C)C(C)CS(=O)(=O)c1ccccc1. The molecule has 2 amide bonds. The summed E-state index contributed by atoms with van der Waals surface area (Å²) < 4.78 is 25.2. The first-order chi connectivity index (χ1) is 12.2. The van der Waals surface area contributed by atoms with Crippen LogP contribution in [0.1, 0.15) is 34.6 Å². The Bertz CT molecular complexity index is 643. The molecular weight excluding hydrogens is 350 g/mol. The molecule has 0 aliphatic carbocycles. The third kappa shape index (κ3) is 6.61. The van der Waals surface area contributed by atoms with Crippen LogP contribution in [0, 0.1) is 0 Å². The van der Waals surface area contributed by atoms with Crippen molar-refractivity contribution in [1.29, 1.82) is 0 Å². The van der Waals surface area contributed by atoms with E-state index in [0.29, 0.717) is 6.54 Å². The van der Waals surface area contributed by atoms with Crippen LogP contribution in [0.5, 0.6) is 0 Å². The molecule has 0 aliphatic heterocycles. The van der Waals surface area contributed by atoms with Crippen LogP contribution in [-0.2, 0) is 9.84 Å². The maximum Gasteiger partial charge on any atom is 0.317 e. The van der Waals surface area contributed by atoms with E-state index in [-0.39, 0.29) is 22.7 Å². The molecule has 1 unspecified atom stereocenters. The van der Waals surface area contributed by atoms with Crippen molar-refractivity contribution in [2.75, 3.05) is 31.9 Å². The summed E-state index contributed by atoms with van der Waals surface area (Å²) in [6.45, 7) is 12.9. The highest BCUT2D eigenvalue weighted by atomic mass is 32.2. The van der Waals surface area contributed by atoms with Crippen LogP contribution >= 0.6 is 0 Å². The highest BCUT2D eigenvalue weighted by molar-refractivity contribution is 7.91. The second kappa shape index (κ2) is 10.5. The Labute approximate surface area is 158 Å². The van der Waals surface area contributed by atoms with Gasteiger partial charge in [-0.3, -0.25) is 0 Å². The molecule has 1 aromatic rings. The Hall–Kier alpha value is -1.60. The molecule has 0 saturated carbocycles. The number of amides is 2. The quantitative estimate of drug-likeness (QED) is 0.674. The zero-order chi connectivity index (χ0) is 19.7. The predicted octanol–water partition coefficient (Wildman–Crippen LogP) is 2.61. The molecule has 0 spiro atoms. The topological polar surface area (TPSA) is 69.7 Å². The lowest BCUT2D eigenvalue weighted by molar-refractivity contribution is 0.164. The summed E-state index contributed by atoms with van der Waals surface area (Å²) in [6.07, 6.45) is 0. The van der Waals surface area contributed by atoms with Gasteiger partial charge >= 0.3 is 6.03 Å². The van der Waals surface area contributed by atoms with Gasteiger partial charge in [0.15, 0.2) is 9.84 Å². The first kappa shape index (κ1) is 22.4. The van der Waals surface area contributed by atoms with Gasteiger partial charge in [0.05, 0.1) is 10.6 Å². The molecule has 26 heavy (non-hydrogen) atoms. The summed E-state index contributed by atoms with van der Waals surface area (Å²) in [5, 5.41) is 2.92. The van der Waals surface area contributed by atoms with Crippen molar-refractivity contribution < 1.29 is 13.2 Å². The van der Waals surface area contributed by atoms with Gasteiger partial charge in [0, 0.05) is 25.2 Å². The predicted molar refractivity (Wildman–Crippen MR) is 106 cm³/mol. The summed E-state index contributed by atoms with van der Waals surface area (Å²) in [7, 11) is -3.44. The third-order valence-electron chi connectivity index (χ3n) is 4.43. The van der Waals surface area contributed by atoms with E-state index >= 15 is 0 Å². The normalized spacial score (nSPS) is 13.0. The lowest BCUT2D eigenvalue weighted by Crippen LogP contribution is -2.52. The smallest absolute Gasteiger partial charge is 0.317 e. The van der Waals surface area contributed by atoms with Gasteiger partial charge in [-0.15, -0.1) is 0 Å². The molecule has 1 N–H and O–H groups in total. The van der Waals surface area contributed by atoms with Gasteiger partial charge in [-0.1, -0.05) is 32.0 Å². The molecule has 0 bridgehead atoms. The van der Waals surface area contributed by atoms with Gasteiger partial charge in [-0.25, -0.2) is 13.2 Å². The van der Waals surface area contributed by atoms with Gasteiger partial charge in [0.25, 0.3) is 0 Å². The van der Waals surface area contributed by atoms with Crippen molar-refractivity contribution in [2.45, 2.75) is 51.6 Å². The molecule has 148 valence electrons. The monoisotopic (exact) mass is 383 g/mol. The fourth-order valence-corrected chi connectivity index (χ4v) is 4.58. The third-order valence-corrected chi connectivity index (χ3v) is 6.34. The molecule has 0 aromatic heterocycles. The number of carbonyl (C=O) groups excluding carboxylic acids is 1. The van der Waals surface area contributed by atoms with Crippen molar-refractivity contribution in [3.8, 4) is 0 Å². The highest BCUT2D eigenvalue weighted by Gasteiger charge is 2.28. The number of carbonyl (C=O) groups is 1. The molecule has 1 rings (SSSR count). The molecule has 0 heterocycles. The molecular formula is C19H33N3O3S. The number of nitrogens with one attached hydrogen (secondary N) is 1. The molecule has 1 aromatic carbocycles. The first-order valence-corrected chi connectivity index (χ1v) is 10.9. The van der Waals surface area contributed by atoms with E-state index < -0.39 is 15.9 Å². The fraction of sp³-hybridized carbons (Fsp3) is 0.632. The largest absolute Gasteiger partial charge is 0.337 e. The van der Waals surface area contributed by atoms with Crippen molar-refractivity contribution in [2.24, 2.45) is 0 Å². The molecule has 7 heteroatoms. The van der Waals surface area contributed by atoms with E-state index in [4.69, 9.17) is 0 Å². The van der Waals surface area contributed by atoms with Crippen molar-refractivity contribution in [3.05, 3.63) is 30.3 Å². The number of rotatable bonds is 10. The van der Waals surface area contributed by atoms with E-state index in [2.05, 4.69) is 24.1 Å². The summed E-state index contributed by atoms with van der Waals surface area (Å²) in [5.41, 5.74) is 0. The van der Waals surface area contributed by atoms with E-state index in [1.54, 1.807) is 42.2 Å². The average Bonchev–Trinajstić information content (AvgIpc) is 2.59. The number of nitrogens with zero attached hydrogens (tertiary/aromatic N) is 2. The van der Waals surface area contributed by atoms with Gasteiger partial charge in [-0.05, 0) is 46.0 Å². The van der Waals surface area contributed by atoms with Crippen molar-refractivity contribution in [1.82, 2.24) is 15.1 Å². The van der Waals surface area contributed by atoms with E-state index in [0.717, 1.165) is 19.6 Å². The molecule has 0 radical (unpaired) electrons. The fourth-order valence-electron chi connectivity index (χ4n) is 3.02. The van der Waals surface area contributed by atoms with Gasteiger partial charge in [0.2, 0.25) is 0 Å². The zero-order valence-corrected chi connectivity index (χ0v) is 17.4. The Morgan fingerprint density at radius 2 is 1.65 bits per heavy atom. The second-order valence-corrected chi connectivity index (χ2v) is 8.74. The van der Waals surface area contributed by atoms with E-state index in [9.17, 15) is 13.2 Å². The summed E-state index contributed by atoms with van der Waals surface area (Å²) in [4.78, 5) is 16.7. The number of hydrogen-bond acceptors (Lipinski definition) is 4. The average molecular weight is 384 g/mol.